The van der Waals surface area contributed by atoms with Crippen LogP contribution in [0.1, 0.15) is 50.7 Å². The van der Waals surface area contributed by atoms with Crippen LogP contribution in [0.15, 0.2) is 18.2 Å². The molecule has 21 heavy (non-hydrogen) atoms. The van der Waals surface area contributed by atoms with Gasteiger partial charge in [-0.1, -0.05) is 13.0 Å². The fourth-order valence-electron chi connectivity index (χ4n) is 2.75. The molecule has 1 fully saturated rings. The minimum Gasteiger partial charge on any atom is -0.493 e. The summed E-state index contributed by atoms with van der Waals surface area (Å²) in [5, 5.41) is 10.5. The van der Waals surface area contributed by atoms with Gasteiger partial charge in [-0.15, -0.1) is 0 Å². The predicted octanol–water partition coefficient (Wildman–Crippen LogP) is 3.28. The van der Waals surface area contributed by atoms with Crippen LogP contribution in [0.2, 0.25) is 0 Å². The molecule has 0 spiro atoms. The Morgan fingerprint density at radius 3 is 2.62 bits per heavy atom. The van der Waals surface area contributed by atoms with Crippen molar-refractivity contribution in [3.63, 3.8) is 0 Å². The number of carbonyl (C=O) groups is 1. The molecule has 1 saturated carbocycles. The summed E-state index contributed by atoms with van der Waals surface area (Å²) in [6, 6.07) is 5.56. The Balaban J connectivity index is 2.12. The van der Waals surface area contributed by atoms with Crippen LogP contribution in [-0.4, -0.2) is 24.6 Å². The van der Waals surface area contributed by atoms with E-state index in [1.165, 1.54) is 0 Å². The Bertz CT molecular complexity index is 474. The van der Waals surface area contributed by atoms with E-state index in [2.05, 4.69) is 0 Å². The zero-order chi connectivity index (χ0) is 15.2. The summed E-state index contributed by atoms with van der Waals surface area (Å²) in [5.74, 6) is 1.80. The third-order valence-electron chi connectivity index (χ3n) is 4.03. The summed E-state index contributed by atoms with van der Waals surface area (Å²) in [7, 11) is 1.61. The van der Waals surface area contributed by atoms with Gasteiger partial charge in [-0.05, 0) is 42.9 Å². The summed E-state index contributed by atoms with van der Waals surface area (Å²) in [4.78, 5) is 11.3. The SMILES string of the molecule is CCCOc1cc(C(O)C2CCC(=O)CC2)ccc1OC. The van der Waals surface area contributed by atoms with Crippen LogP contribution in [0.5, 0.6) is 11.5 Å². The number of Topliss-reactive ketones (excluding diaryl/α,β-unsaturated/α-hetero) is 1. The molecule has 1 aliphatic rings. The van der Waals surface area contributed by atoms with Crippen molar-refractivity contribution in [1.29, 1.82) is 0 Å². The molecule has 0 radical (unpaired) electrons. The minimum absolute atomic E-state index is 0.148. The largest absolute Gasteiger partial charge is 0.493 e. The third kappa shape index (κ3) is 3.97. The zero-order valence-electron chi connectivity index (χ0n) is 12.8. The fraction of sp³-hybridized carbons (Fsp3) is 0.588. The molecule has 116 valence electrons. The van der Waals surface area contributed by atoms with Crippen LogP contribution in [0.3, 0.4) is 0 Å². The van der Waals surface area contributed by atoms with Crippen molar-refractivity contribution < 1.29 is 19.4 Å². The standard InChI is InChI=1S/C17H24O4/c1-3-10-21-16-11-13(6-9-15(16)20-2)17(19)12-4-7-14(18)8-5-12/h6,9,11-12,17,19H,3-5,7-8,10H2,1-2H3. The zero-order valence-corrected chi connectivity index (χ0v) is 12.8. The van der Waals surface area contributed by atoms with Crippen LogP contribution < -0.4 is 9.47 Å². The molecule has 4 nitrogen and oxygen atoms in total. The van der Waals surface area contributed by atoms with Crippen molar-refractivity contribution in [2.45, 2.75) is 45.1 Å². The topological polar surface area (TPSA) is 55.8 Å². The van der Waals surface area contributed by atoms with Gasteiger partial charge in [-0.3, -0.25) is 4.79 Å². The summed E-state index contributed by atoms with van der Waals surface area (Å²) in [6.45, 7) is 2.66. The molecule has 0 heterocycles. The number of aliphatic hydroxyl groups is 1. The average molecular weight is 292 g/mol. The molecule has 1 N–H and O–H groups in total. The lowest BCUT2D eigenvalue weighted by Gasteiger charge is -2.26. The van der Waals surface area contributed by atoms with Gasteiger partial charge < -0.3 is 14.6 Å². The highest BCUT2D eigenvalue weighted by Gasteiger charge is 2.26. The average Bonchev–Trinajstić information content (AvgIpc) is 2.52. The van der Waals surface area contributed by atoms with E-state index in [0.717, 1.165) is 24.8 Å². The van der Waals surface area contributed by atoms with Gasteiger partial charge in [-0.25, -0.2) is 0 Å². The van der Waals surface area contributed by atoms with E-state index in [-0.39, 0.29) is 5.92 Å². The van der Waals surface area contributed by atoms with E-state index >= 15 is 0 Å². The van der Waals surface area contributed by atoms with Gasteiger partial charge in [0.1, 0.15) is 5.78 Å². The Morgan fingerprint density at radius 1 is 1.29 bits per heavy atom. The molecule has 0 aromatic heterocycles. The molecule has 1 atom stereocenters. The first-order chi connectivity index (χ1) is 10.2. The van der Waals surface area contributed by atoms with E-state index in [9.17, 15) is 9.90 Å². The van der Waals surface area contributed by atoms with E-state index in [1.807, 2.05) is 25.1 Å². The van der Waals surface area contributed by atoms with Crippen molar-refractivity contribution in [1.82, 2.24) is 0 Å². The van der Waals surface area contributed by atoms with Gasteiger partial charge in [-0.2, -0.15) is 0 Å². The number of hydrogen-bond acceptors (Lipinski definition) is 4. The lowest BCUT2D eigenvalue weighted by molar-refractivity contribution is -0.121. The Labute approximate surface area is 126 Å². The van der Waals surface area contributed by atoms with E-state index < -0.39 is 6.10 Å². The van der Waals surface area contributed by atoms with E-state index in [4.69, 9.17) is 9.47 Å². The van der Waals surface area contributed by atoms with Crippen molar-refractivity contribution in [3.05, 3.63) is 23.8 Å². The first-order valence-corrected chi connectivity index (χ1v) is 7.66. The quantitative estimate of drug-likeness (QED) is 0.874. The maximum atomic E-state index is 11.3. The van der Waals surface area contributed by atoms with E-state index in [1.54, 1.807) is 7.11 Å². The van der Waals surface area contributed by atoms with Crippen molar-refractivity contribution in [2.24, 2.45) is 5.92 Å². The van der Waals surface area contributed by atoms with Crippen LogP contribution >= 0.6 is 0 Å². The third-order valence-corrected chi connectivity index (χ3v) is 4.03. The summed E-state index contributed by atoms with van der Waals surface area (Å²) in [6.07, 6.45) is 3.05. The number of aliphatic hydroxyl groups excluding tert-OH is 1. The number of benzene rings is 1. The number of carbonyl (C=O) groups excluding carboxylic acids is 1. The van der Waals surface area contributed by atoms with E-state index in [0.29, 0.717) is 36.7 Å². The maximum Gasteiger partial charge on any atom is 0.161 e. The van der Waals surface area contributed by atoms with Gasteiger partial charge in [0.2, 0.25) is 0 Å². The van der Waals surface area contributed by atoms with Gasteiger partial charge >= 0.3 is 0 Å². The molecule has 1 unspecified atom stereocenters. The molecule has 0 amide bonds. The van der Waals surface area contributed by atoms with Gasteiger partial charge in [0.05, 0.1) is 19.8 Å². The number of methoxy groups -OCH3 is 1. The Hall–Kier alpha value is -1.55. The highest BCUT2D eigenvalue weighted by atomic mass is 16.5. The number of rotatable bonds is 6. The number of hydrogen-bond donors (Lipinski definition) is 1. The summed E-state index contributed by atoms with van der Waals surface area (Å²) >= 11 is 0. The second-order valence-electron chi connectivity index (χ2n) is 5.58. The summed E-state index contributed by atoms with van der Waals surface area (Å²) in [5.41, 5.74) is 0.834. The second kappa shape index (κ2) is 7.46. The van der Waals surface area contributed by atoms with Crippen LogP contribution in [-0.2, 0) is 4.79 Å². The highest BCUT2D eigenvalue weighted by molar-refractivity contribution is 5.79. The maximum absolute atomic E-state index is 11.3. The molecule has 0 saturated heterocycles. The number of ether oxygens (including phenoxy) is 2. The van der Waals surface area contributed by atoms with Crippen LogP contribution in [0.25, 0.3) is 0 Å². The van der Waals surface area contributed by atoms with Gasteiger partial charge in [0, 0.05) is 12.8 Å². The molecule has 0 aliphatic heterocycles. The smallest absolute Gasteiger partial charge is 0.161 e. The molecule has 0 bridgehead atoms. The second-order valence-corrected chi connectivity index (χ2v) is 5.58. The Morgan fingerprint density at radius 2 is 2.00 bits per heavy atom. The fourth-order valence-corrected chi connectivity index (χ4v) is 2.75. The Kier molecular flexibility index (Phi) is 5.62. The summed E-state index contributed by atoms with van der Waals surface area (Å²) < 4.78 is 11.0. The molecule has 2 rings (SSSR count). The minimum atomic E-state index is -0.548. The molecule has 1 aromatic carbocycles. The van der Waals surface area contributed by atoms with Crippen molar-refractivity contribution in [2.75, 3.05) is 13.7 Å². The monoisotopic (exact) mass is 292 g/mol. The normalized spacial score (nSPS) is 17.6. The van der Waals surface area contributed by atoms with Crippen molar-refractivity contribution in [3.8, 4) is 11.5 Å². The highest BCUT2D eigenvalue weighted by Crippen LogP contribution is 2.37. The molecule has 1 aliphatic carbocycles. The first kappa shape index (κ1) is 15.8. The van der Waals surface area contributed by atoms with Gasteiger partial charge in [0.25, 0.3) is 0 Å². The molecule has 4 heteroatoms. The van der Waals surface area contributed by atoms with Crippen LogP contribution in [0, 0.1) is 5.92 Å². The lowest BCUT2D eigenvalue weighted by Crippen LogP contribution is -2.20. The first-order valence-electron chi connectivity index (χ1n) is 7.66. The molecular formula is C17H24O4. The number of ketones is 1. The van der Waals surface area contributed by atoms with Crippen molar-refractivity contribution >= 4 is 5.78 Å². The predicted molar refractivity (Wildman–Crippen MR) is 80.7 cm³/mol. The lowest BCUT2D eigenvalue weighted by atomic mass is 9.82. The van der Waals surface area contributed by atoms with Gasteiger partial charge in [0.15, 0.2) is 11.5 Å². The molecular weight excluding hydrogens is 268 g/mol. The van der Waals surface area contributed by atoms with Crippen LogP contribution in [0.4, 0.5) is 0 Å². The molecule has 1 aromatic rings.